The third kappa shape index (κ3) is 2.43. The Hall–Kier alpha value is -2.17. The molecule has 0 unspecified atom stereocenters. The molecule has 2 heterocycles. The lowest BCUT2D eigenvalue weighted by atomic mass is 10.1. The summed E-state index contributed by atoms with van der Waals surface area (Å²) in [6.45, 7) is 5.90. The van der Waals surface area contributed by atoms with Crippen LogP contribution >= 0.6 is 0 Å². The number of carbonyl (C=O) groups is 1. The molecular formula is C15H18N2O3. The number of fused-ring (bicyclic) bond motifs is 1. The van der Waals surface area contributed by atoms with Crippen LogP contribution in [0.5, 0.6) is 0 Å². The van der Waals surface area contributed by atoms with E-state index in [1.54, 1.807) is 6.92 Å². The van der Waals surface area contributed by atoms with Gasteiger partial charge in [0.2, 0.25) is 5.43 Å². The molecule has 106 valence electrons. The molecule has 2 aromatic heterocycles. The van der Waals surface area contributed by atoms with Gasteiger partial charge in [0, 0.05) is 11.9 Å². The zero-order chi connectivity index (χ0) is 14.7. The molecule has 1 N–H and O–H groups in total. The molecule has 0 saturated heterocycles. The van der Waals surface area contributed by atoms with Crippen LogP contribution in [-0.4, -0.2) is 22.5 Å². The van der Waals surface area contributed by atoms with E-state index in [-0.39, 0.29) is 17.6 Å². The first kappa shape index (κ1) is 14.2. The summed E-state index contributed by atoms with van der Waals surface area (Å²) in [6, 6.07) is 1.85. The Kier molecular flexibility index (Phi) is 4.17. The minimum atomic E-state index is -0.600. The lowest BCUT2D eigenvalue weighted by Crippen LogP contribution is -2.19. The Balaban J connectivity index is 2.72. The number of aromatic nitrogens is 2. The number of H-pyrrole nitrogens is 1. The van der Waals surface area contributed by atoms with Crippen LogP contribution in [0.25, 0.3) is 10.9 Å². The first-order valence-corrected chi connectivity index (χ1v) is 6.83. The standard InChI is InChI=1S/C15H18N2O3/c1-4-9-7-12-13(11(5-2)17-9)14(18)10(8-16-12)15(19)20-6-3/h7-8H,4-6H2,1-3H3,(H,16,18). The van der Waals surface area contributed by atoms with Gasteiger partial charge in [0.25, 0.3) is 0 Å². The number of ether oxygens (including phenoxy) is 1. The Morgan fingerprint density at radius 3 is 2.65 bits per heavy atom. The summed E-state index contributed by atoms with van der Waals surface area (Å²) in [7, 11) is 0. The molecule has 0 saturated carbocycles. The summed E-state index contributed by atoms with van der Waals surface area (Å²) in [6.07, 6.45) is 2.85. The summed E-state index contributed by atoms with van der Waals surface area (Å²) in [5, 5.41) is 0.482. The second kappa shape index (κ2) is 5.86. The average Bonchev–Trinajstić information content (AvgIpc) is 2.46. The van der Waals surface area contributed by atoms with Gasteiger partial charge in [0.15, 0.2) is 0 Å². The van der Waals surface area contributed by atoms with Crippen molar-refractivity contribution >= 4 is 16.9 Å². The van der Waals surface area contributed by atoms with E-state index >= 15 is 0 Å². The second-order valence-electron chi connectivity index (χ2n) is 4.44. The van der Waals surface area contributed by atoms with Gasteiger partial charge in [0.05, 0.1) is 23.2 Å². The van der Waals surface area contributed by atoms with Gasteiger partial charge in [-0.1, -0.05) is 13.8 Å². The zero-order valence-corrected chi connectivity index (χ0v) is 11.9. The smallest absolute Gasteiger partial charge is 0.343 e. The predicted octanol–water partition coefficient (Wildman–Crippen LogP) is 2.22. The van der Waals surface area contributed by atoms with Crippen molar-refractivity contribution in [1.82, 2.24) is 9.97 Å². The molecule has 5 nitrogen and oxygen atoms in total. The van der Waals surface area contributed by atoms with Gasteiger partial charge in [0.1, 0.15) is 5.56 Å². The SMILES string of the molecule is CCOC(=O)c1c[nH]c2cc(CC)nc(CC)c2c1=O. The molecule has 0 aliphatic heterocycles. The summed E-state index contributed by atoms with van der Waals surface area (Å²) in [5.74, 6) is -0.600. The number of hydrogen-bond acceptors (Lipinski definition) is 4. The maximum atomic E-state index is 12.5. The van der Waals surface area contributed by atoms with Crippen molar-refractivity contribution in [3.8, 4) is 0 Å². The van der Waals surface area contributed by atoms with Crippen molar-refractivity contribution < 1.29 is 9.53 Å². The van der Waals surface area contributed by atoms with E-state index in [1.807, 2.05) is 19.9 Å². The fraction of sp³-hybridized carbons (Fsp3) is 0.400. The minimum Gasteiger partial charge on any atom is -0.462 e. The number of aryl methyl sites for hydroxylation is 2. The summed E-state index contributed by atoms with van der Waals surface area (Å²) >= 11 is 0. The van der Waals surface area contributed by atoms with Crippen molar-refractivity contribution in [2.24, 2.45) is 0 Å². The molecule has 0 aliphatic rings. The second-order valence-corrected chi connectivity index (χ2v) is 4.44. The molecule has 0 aromatic carbocycles. The topological polar surface area (TPSA) is 72.1 Å². The van der Waals surface area contributed by atoms with Gasteiger partial charge in [-0.05, 0) is 25.8 Å². The molecule has 0 fully saturated rings. The van der Waals surface area contributed by atoms with E-state index in [2.05, 4.69) is 9.97 Å². The van der Waals surface area contributed by atoms with Crippen molar-refractivity contribution in [3.63, 3.8) is 0 Å². The van der Waals surface area contributed by atoms with Crippen molar-refractivity contribution in [2.45, 2.75) is 33.6 Å². The maximum absolute atomic E-state index is 12.5. The number of rotatable bonds is 4. The summed E-state index contributed by atoms with van der Waals surface area (Å²) in [5.41, 5.74) is 2.07. The van der Waals surface area contributed by atoms with E-state index in [4.69, 9.17) is 4.74 Å². The summed E-state index contributed by atoms with van der Waals surface area (Å²) < 4.78 is 4.90. The molecule has 0 atom stereocenters. The van der Waals surface area contributed by atoms with Crippen molar-refractivity contribution in [2.75, 3.05) is 6.61 Å². The Morgan fingerprint density at radius 1 is 1.30 bits per heavy atom. The molecule has 2 rings (SSSR count). The number of esters is 1. The number of carbonyl (C=O) groups excluding carboxylic acids is 1. The highest BCUT2D eigenvalue weighted by Gasteiger charge is 2.16. The quantitative estimate of drug-likeness (QED) is 0.868. The molecule has 0 bridgehead atoms. The van der Waals surface area contributed by atoms with Gasteiger partial charge in [-0.15, -0.1) is 0 Å². The van der Waals surface area contributed by atoms with Crippen LogP contribution in [0.3, 0.4) is 0 Å². The van der Waals surface area contributed by atoms with Crippen LogP contribution in [0.2, 0.25) is 0 Å². The molecule has 20 heavy (non-hydrogen) atoms. The average molecular weight is 274 g/mol. The third-order valence-electron chi connectivity index (χ3n) is 3.18. The van der Waals surface area contributed by atoms with Gasteiger partial charge in [-0.3, -0.25) is 9.78 Å². The van der Waals surface area contributed by atoms with Crippen LogP contribution in [0, 0.1) is 0 Å². The molecule has 0 spiro atoms. The van der Waals surface area contributed by atoms with Gasteiger partial charge >= 0.3 is 5.97 Å². The van der Waals surface area contributed by atoms with Crippen molar-refractivity contribution in [3.05, 3.63) is 39.4 Å². The number of nitrogens with zero attached hydrogens (tertiary/aromatic N) is 1. The Morgan fingerprint density at radius 2 is 2.05 bits per heavy atom. The first-order chi connectivity index (χ1) is 9.62. The van der Waals surface area contributed by atoms with Crippen LogP contribution in [0.15, 0.2) is 17.1 Å². The van der Waals surface area contributed by atoms with E-state index < -0.39 is 5.97 Å². The highest BCUT2D eigenvalue weighted by molar-refractivity contribution is 5.94. The van der Waals surface area contributed by atoms with E-state index in [1.165, 1.54) is 6.20 Å². The fourth-order valence-electron chi connectivity index (χ4n) is 2.17. The van der Waals surface area contributed by atoms with E-state index in [9.17, 15) is 9.59 Å². The molecule has 2 aromatic rings. The minimum absolute atomic E-state index is 0.0279. The van der Waals surface area contributed by atoms with E-state index in [0.717, 1.165) is 12.1 Å². The highest BCUT2D eigenvalue weighted by atomic mass is 16.5. The monoisotopic (exact) mass is 274 g/mol. The summed E-state index contributed by atoms with van der Waals surface area (Å²) in [4.78, 5) is 31.7. The fourth-order valence-corrected chi connectivity index (χ4v) is 2.17. The normalized spacial score (nSPS) is 10.8. The number of nitrogens with one attached hydrogen (secondary N) is 1. The van der Waals surface area contributed by atoms with E-state index in [0.29, 0.717) is 23.0 Å². The lowest BCUT2D eigenvalue weighted by Gasteiger charge is -2.08. The third-order valence-corrected chi connectivity index (χ3v) is 3.18. The zero-order valence-electron chi connectivity index (χ0n) is 11.9. The van der Waals surface area contributed by atoms with Crippen LogP contribution < -0.4 is 5.43 Å². The highest BCUT2D eigenvalue weighted by Crippen LogP contribution is 2.15. The van der Waals surface area contributed by atoms with Gasteiger partial charge in [-0.25, -0.2) is 4.79 Å². The molecular weight excluding hydrogens is 256 g/mol. The maximum Gasteiger partial charge on any atom is 0.343 e. The molecule has 0 aliphatic carbocycles. The number of aromatic amines is 1. The largest absolute Gasteiger partial charge is 0.462 e. The number of pyridine rings is 2. The van der Waals surface area contributed by atoms with Crippen LogP contribution in [0.4, 0.5) is 0 Å². The van der Waals surface area contributed by atoms with Crippen LogP contribution in [-0.2, 0) is 17.6 Å². The number of hydrogen-bond donors (Lipinski definition) is 1. The molecule has 0 radical (unpaired) electrons. The van der Waals surface area contributed by atoms with Gasteiger partial charge < -0.3 is 9.72 Å². The first-order valence-electron chi connectivity index (χ1n) is 6.83. The van der Waals surface area contributed by atoms with Crippen molar-refractivity contribution in [1.29, 1.82) is 0 Å². The van der Waals surface area contributed by atoms with Crippen LogP contribution in [0.1, 0.15) is 42.5 Å². The van der Waals surface area contributed by atoms with Gasteiger partial charge in [-0.2, -0.15) is 0 Å². The predicted molar refractivity (Wildman–Crippen MR) is 77.1 cm³/mol. The lowest BCUT2D eigenvalue weighted by molar-refractivity contribution is 0.0524. The Bertz CT molecular complexity index is 704. The molecule has 0 amide bonds. The Labute approximate surface area is 117 Å². The molecule has 5 heteroatoms.